The average molecular weight is 315 g/mol. The van der Waals surface area contributed by atoms with Gasteiger partial charge in [0.2, 0.25) is 0 Å². The van der Waals surface area contributed by atoms with Crippen LogP contribution in [0.4, 0.5) is 0 Å². The van der Waals surface area contributed by atoms with Crippen LogP contribution in [0.2, 0.25) is 0 Å². The van der Waals surface area contributed by atoms with Crippen molar-refractivity contribution in [2.45, 2.75) is 24.7 Å². The molecule has 23 heavy (non-hydrogen) atoms. The van der Waals surface area contributed by atoms with Crippen LogP contribution in [0.25, 0.3) is 6.08 Å². The summed E-state index contributed by atoms with van der Waals surface area (Å²) in [6.07, 6.45) is 1.61. The summed E-state index contributed by atoms with van der Waals surface area (Å²) >= 11 is 0. The molecule has 0 radical (unpaired) electrons. The Hall–Kier alpha value is -2.36. The van der Waals surface area contributed by atoms with Crippen molar-refractivity contribution in [3.8, 4) is 11.8 Å². The van der Waals surface area contributed by atoms with Crippen LogP contribution in [0.5, 0.6) is 5.75 Å². The Morgan fingerprint density at radius 2 is 2.13 bits per heavy atom. The highest BCUT2D eigenvalue weighted by Crippen LogP contribution is 2.28. The number of ether oxygens (including phenoxy) is 4. The lowest BCUT2D eigenvalue weighted by molar-refractivity contribution is -0.148. The van der Waals surface area contributed by atoms with Gasteiger partial charge < -0.3 is 18.9 Å². The summed E-state index contributed by atoms with van der Waals surface area (Å²) in [5.41, 5.74) is 0.661. The highest BCUT2D eigenvalue weighted by atomic mass is 16.6. The fourth-order valence-corrected chi connectivity index (χ4v) is 2.74. The fraction of sp³-hybridized carbons (Fsp3) is 0.412. The molecule has 0 bridgehead atoms. The zero-order valence-corrected chi connectivity index (χ0v) is 12.7. The molecule has 3 unspecified atom stereocenters. The van der Waals surface area contributed by atoms with E-state index < -0.39 is 12.1 Å². The van der Waals surface area contributed by atoms with Crippen LogP contribution in [0.15, 0.2) is 29.8 Å². The molecule has 0 aliphatic carbocycles. The van der Waals surface area contributed by atoms with Crippen molar-refractivity contribution in [1.82, 2.24) is 0 Å². The van der Waals surface area contributed by atoms with E-state index in [1.807, 2.05) is 6.07 Å². The largest absolute Gasteiger partial charge is 0.497 e. The Kier molecular flexibility index (Phi) is 4.60. The number of benzene rings is 1. The zero-order valence-electron chi connectivity index (χ0n) is 12.7. The van der Waals surface area contributed by atoms with E-state index >= 15 is 0 Å². The van der Waals surface area contributed by atoms with Gasteiger partial charge in [-0.2, -0.15) is 5.26 Å². The number of carbonyl (C=O) groups excluding carboxylic acids is 1. The third-order valence-corrected chi connectivity index (χ3v) is 3.95. The van der Waals surface area contributed by atoms with Crippen LogP contribution in [-0.2, 0) is 19.0 Å². The molecular weight excluding hydrogens is 298 g/mol. The maximum atomic E-state index is 12.2. The van der Waals surface area contributed by atoms with E-state index in [-0.39, 0.29) is 17.8 Å². The van der Waals surface area contributed by atoms with Gasteiger partial charge in [0.15, 0.2) is 6.10 Å². The molecule has 6 heteroatoms. The van der Waals surface area contributed by atoms with Crippen LogP contribution in [0.1, 0.15) is 12.0 Å². The van der Waals surface area contributed by atoms with E-state index in [9.17, 15) is 10.1 Å². The Morgan fingerprint density at radius 1 is 1.35 bits per heavy atom. The van der Waals surface area contributed by atoms with Gasteiger partial charge in [0, 0.05) is 6.61 Å². The van der Waals surface area contributed by atoms with Gasteiger partial charge in [-0.15, -0.1) is 0 Å². The quantitative estimate of drug-likeness (QED) is 0.478. The molecule has 1 aromatic rings. The summed E-state index contributed by atoms with van der Waals surface area (Å²) in [5, 5.41) is 9.21. The summed E-state index contributed by atoms with van der Waals surface area (Å²) in [4.78, 5) is 12.2. The predicted molar refractivity (Wildman–Crippen MR) is 80.6 cm³/mol. The van der Waals surface area contributed by atoms with Gasteiger partial charge in [0.25, 0.3) is 0 Å². The lowest BCUT2D eigenvalue weighted by Crippen LogP contribution is -2.32. The highest BCUT2D eigenvalue weighted by Gasteiger charge is 2.44. The molecule has 2 saturated heterocycles. The first-order chi connectivity index (χ1) is 11.2. The minimum Gasteiger partial charge on any atom is -0.497 e. The first-order valence-electron chi connectivity index (χ1n) is 7.41. The molecule has 6 nitrogen and oxygen atoms in total. The molecule has 0 amide bonds. The van der Waals surface area contributed by atoms with Crippen molar-refractivity contribution in [2.24, 2.45) is 0 Å². The third kappa shape index (κ3) is 3.36. The van der Waals surface area contributed by atoms with Crippen LogP contribution >= 0.6 is 0 Å². The maximum absolute atomic E-state index is 12.2. The molecule has 3 rings (SSSR count). The summed E-state index contributed by atoms with van der Waals surface area (Å²) < 4.78 is 21.5. The van der Waals surface area contributed by atoms with E-state index in [1.54, 1.807) is 31.4 Å². The van der Waals surface area contributed by atoms with Gasteiger partial charge in [-0.05, 0) is 30.2 Å². The second kappa shape index (κ2) is 6.82. The van der Waals surface area contributed by atoms with E-state index in [0.29, 0.717) is 19.0 Å². The van der Waals surface area contributed by atoms with Gasteiger partial charge in [-0.25, -0.2) is 4.79 Å². The van der Waals surface area contributed by atoms with Crippen LogP contribution < -0.4 is 4.74 Å². The number of carbonyl (C=O) groups is 1. The maximum Gasteiger partial charge on any atom is 0.349 e. The molecule has 3 atom stereocenters. The SMILES string of the molecule is COc1ccc(/C=C(\C#N)C(=O)OC2COC3CCOC32)cc1. The number of rotatable bonds is 4. The van der Waals surface area contributed by atoms with Crippen LogP contribution in [0.3, 0.4) is 0 Å². The number of methoxy groups -OCH3 is 1. The Balaban J connectivity index is 1.68. The Bertz CT molecular complexity index is 646. The van der Waals surface area contributed by atoms with E-state index in [4.69, 9.17) is 18.9 Å². The minimum absolute atomic E-state index is 0.0103. The summed E-state index contributed by atoms with van der Waals surface area (Å²) in [7, 11) is 1.57. The molecule has 0 aromatic heterocycles. The predicted octanol–water partition coefficient (Wildman–Crippen LogP) is 1.70. The van der Waals surface area contributed by atoms with Gasteiger partial charge in [0.05, 0.1) is 19.8 Å². The van der Waals surface area contributed by atoms with Crippen LogP contribution in [0, 0.1) is 11.3 Å². The molecule has 120 valence electrons. The summed E-state index contributed by atoms with van der Waals surface area (Å²) in [6.45, 7) is 0.915. The van der Waals surface area contributed by atoms with Crippen molar-refractivity contribution in [1.29, 1.82) is 5.26 Å². The van der Waals surface area contributed by atoms with Crippen molar-refractivity contribution in [2.75, 3.05) is 20.3 Å². The lowest BCUT2D eigenvalue weighted by Gasteiger charge is -2.16. The lowest BCUT2D eigenvalue weighted by atomic mass is 10.1. The first kappa shape index (κ1) is 15.5. The molecule has 2 fully saturated rings. The number of fused-ring (bicyclic) bond motifs is 1. The van der Waals surface area contributed by atoms with Crippen molar-refractivity contribution in [3.63, 3.8) is 0 Å². The van der Waals surface area contributed by atoms with Crippen molar-refractivity contribution in [3.05, 3.63) is 35.4 Å². The van der Waals surface area contributed by atoms with Gasteiger partial charge in [0.1, 0.15) is 23.5 Å². The van der Waals surface area contributed by atoms with Gasteiger partial charge >= 0.3 is 5.97 Å². The Labute approximate surface area is 134 Å². The monoisotopic (exact) mass is 315 g/mol. The standard InChI is InChI=1S/C17H17NO5/c1-20-13-4-2-11(3-5-13)8-12(9-18)17(19)23-15-10-22-14-6-7-21-16(14)15/h2-5,8,14-16H,6-7,10H2,1H3/b12-8+. The Morgan fingerprint density at radius 3 is 2.83 bits per heavy atom. The number of nitrogens with zero attached hydrogens (tertiary/aromatic N) is 1. The van der Waals surface area contributed by atoms with Crippen molar-refractivity contribution < 1.29 is 23.7 Å². The highest BCUT2D eigenvalue weighted by molar-refractivity contribution is 5.98. The van der Waals surface area contributed by atoms with Gasteiger partial charge in [-0.1, -0.05) is 12.1 Å². The molecule has 2 heterocycles. The molecule has 2 aliphatic rings. The smallest absolute Gasteiger partial charge is 0.349 e. The topological polar surface area (TPSA) is 77.8 Å². The zero-order chi connectivity index (χ0) is 16.2. The second-order valence-corrected chi connectivity index (χ2v) is 5.38. The minimum atomic E-state index is -0.659. The molecule has 0 N–H and O–H groups in total. The van der Waals surface area contributed by atoms with E-state index in [0.717, 1.165) is 12.0 Å². The van der Waals surface area contributed by atoms with E-state index in [1.165, 1.54) is 6.08 Å². The summed E-state index contributed by atoms with van der Waals surface area (Å²) in [5.74, 6) is 0.0452. The number of nitriles is 1. The molecule has 1 aromatic carbocycles. The number of hydrogen-bond acceptors (Lipinski definition) is 6. The van der Waals surface area contributed by atoms with Gasteiger partial charge in [-0.3, -0.25) is 0 Å². The fourth-order valence-electron chi connectivity index (χ4n) is 2.74. The molecule has 0 saturated carbocycles. The summed E-state index contributed by atoms with van der Waals surface area (Å²) in [6, 6.07) is 8.93. The average Bonchev–Trinajstić information content (AvgIpc) is 3.18. The number of hydrogen-bond donors (Lipinski definition) is 0. The number of esters is 1. The second-order valence-electron chi connectivity index (χ2n) is 5.38. The molecular formula is C17H17NO5. The van der Waals surface area contributed by atoms with E-state index in [2.05, 4.69) is 0 Å². The first-order valence-corrected chi connectivity index (χ1v) is 7.41. The van der Waals surface area contributed by atoms with Crippen molar-refractivity contribution >= 4 is 12.0 Å². The molecule has 0 spiro atoms. The van der Waals surface area contributed by atoms with Crippen LogP contribution in [-0.4, -0.2) is 44.6 Å². The molecule has 2 aliphatic heterocycles. The third-order valence-electron chi connectivity index (χ3n) is 3.95. The normalized spacial score (nSPS) is 26.4.